The molecule has 0 radical (unpaired) electrons. The second kappa shape index (κ2) is 9.99. The Morgan fingerprint density at radius 1 is 0.970 bits per heavy atom. The molecule has 7 nitrogen and oxygen atoms in total. The fourth-order valence-electron chi connectivity index (χ4n) is 3.68. The third-order valence-electron chi connectivity index (χ3n) is 5.31. The van der Waals surface area contributed by atoms with Crippen LogP contribution in [0.5, 0.6) is 11.5 Å². The first-order chi connectivity index (χ1) is 16.0. The summed E-state index contributed by atoms with van der Waals surface area (Å²) >= 11 is 0. The summed E-state index contributed by atoms with van der Waals surface area (Å²) in [5.41, 5.74) is 3.47. The number of hydrogen-bond acceptors (Lipinski definition) is 5. The highest BCUT2D eigenvalue weighted by atomic mass is 16.5. The minimum atomic E-state index is -0.243. The molecule has 7 heteroatoms. The van der Waals surface area contributed by atoms with E-state index in [1.165, 1.54) is 11.9 Å². The first kappa shape index (κ1) is 22.1. The van der Waals surface area contributed by atoms with Crippen molar-refractivity contribution in [2.45, 2.75) is 19.4 Å². The van der Waals surface area contributed by atoms with Crippen LogP contribution >= 0.6 is 0 Å². The first-order valence-electron chi connectivity index (χ1n) is 10.6. The summed E-state index contributed by atoms with van der Waals surface area (Å²) < 4.78 is 11.0. The molecule has 1 aliphatic rings. The standard InChI is InChI=1S/C26H25N3O4/c1-18(30)27-21-10-14-23(15-11-21)33-17-26(31)29-25(20-8-12-22(32-2)13-9-20)16-24(28-29)19-6-4-3-5-7-19/h3-15,25H,16-17H2,1-2H3,(H,27,30). The van der Waals surface area contributed by atoms with Crippen LogP contribution in [0.4, 0.5) is 5.69 Å². The molecule has 2 amide bonds. The number of nitrogens with one attached hydrogen (secondary N) is 1. The normalized spacial score (nSPS) is 15.0. The fraction of sp³-hybridized carbons (Fsp3) is 0.192. The van der Waals surface area contributed by atoms with Crippen LogP contribution in [0.2, 0.25) is 0 Å². The Hall–Kier alpha value is -4.13. The monoisotopic (exact) mass is 443 g/mol. The average Bonchev–Trinajstić information content (AvgIpc) is 3.29. The van der Waals surface area contributed by atoms with Gasteiger partial charge in [0.1, 0.15) is 11.5 Å². The summed E-state index contributed by atoms with van der Waals surface area (Å²) in [5, 5.41) is 8.87. The van der Waals surface area contributed by atoms with Crippen molar-refractivity contribution in [1.29, 1.82) is 0 Å². The lowest BCUT2D eigenvalue weighted by Gasteiger charge is -2.22. The van der Waals surface area contributed by atoms with Gasteiger partial charge in [-0.05, 0) is 47.5 Å². The highest BCUT2D eigenvalue weighted by molar-refractivity contribution is 6.03. The molecule has 0 bridgehead atoms. The van der Waals surface area contributed by atoms with Gasteiger partial charge in [-0.1, -0.05) is 42.5 Å². The van der Waals surface area contributed by atoms with Crippen molar-refractivity contribution in [1.82, 2.24) is 5.01 Å². The fourth-order valence-corrected chi connectivity index (χ4v) is 3.68. The van der Waals surface area contributed by atoms with Crippen LogP contribution < -0.4 is 14.8 Å². The van der Waals surface area contributed by atoms with Gasteiger partial charge >= 0.3 is 0 Å². The Bertz CT molecular complexity index is 1140. The van der Waals surface area contributed by atoms with Crippen molar-refractivity contribution >= 4 is 23.2 Å². The van der Waals surface area contributed by atoms with Crippen molar-refractivity contribution in [2.24, 2.45) is 5.10 Å². The molecule has 1 N–H and O–H groups in total. The average molecular weight is 444 g/mol. The number of methoxy groups -OCH3 is 1. The lowest BCUT2D eigenvalue weighted by molar-refractivity contribution is -0.135. The van der Waals surface area contributed by atoms with Gasteiger partial charge in [0.05, 0.1) is 18.9 Å². The number of carbonyl (C=O) groups excluding carboxylic acids is 2. The van der Waals surface area contributed by atoms with Gasteiger partial charge in [0.25, 0.3) is 5.91 Å². The van der Waals surface area contributed by atoms with Crippen LogP contribution in [-0.2, 0) is 9.59 Å². The van der Waals surface area contributed by atoms with E-state index in [1.54, 1.807) is 31.4 Å². The highest BCUT2D eigenvalue weighted by Gasteiger charge is 2.33. The maximum atomic E-state index is 13.1. The third-order valence-corrected chi connectivity index (χ3v) is 5.31. The number of anilines is 1. The Morgan fingerprint density at radius 2 is 1.64 bits per heavy atom. The molecule has 0 spiro atoms. The summed E-state index contributed by atoms with van der Waals surface area (Å²) in [6.45, 7) is 1.29. The smallest absolute Gasteiger partial charge is 0.281 e. The zero-order valence-corrected chi connectivity index (χ0v) is 18.5. The number of carbonyl (C=O) groups is 2. The van der Waals surface area contributed by atoms with Crippen LogP contribution in [0.15, 0.2) is 84.0 Å². The van der Waals surface area contributed by atoms with Crippen molar-refractivity contribution in [2.75, 3.05) is 19.0 Å². The minimum Gasteiger partial charge on any atom is -0.497 e. The molecule has 168 valence electrons. The van der Waals surface area contributed by atoms with Crippen LogP contribution in [-0.4, -0.2) is 36.3 Å². The molecule has 1 unspecified atom stereocenters. The lowest BCUT2D eigenvalue weighted by atomic mass is 9.98. The van der Waals surface area contributed by atoms with Gasteiger partial charge in [0, 0.05) is 19.0 Å². The molecule has 0 aliphatic carbocycles. The molecule has 0 fully saturated rings. The van der Waals surface area contributed by atoms with Crippen LogP contribution in [0.1, 0.15) is 30.5 Å². The van der Waals surface area contributed by atoms with Crippen LogP contribution in [0, 0.1) is 0 Å². The molecule has 1 atom stereocenters. The van der Waals surface area contributed by atoms with E-state index < -0.39 is 0 Å². The third kappa shape index (κ3) is 5.38. The number of hydrazone groups is 1. The van der Waals surface area contributed by atoms with Crippen molar-refractivity contribution < 1.29 is 19.1 Å². The number of amides is 2. The Labute approximate surface area is 192 Å². The van der Waals surface area contributed by atoms with E-state index in [2.05, 4.69) is 10.4 Å². The number of rotatable bonds is 7. The van der Waals surface area contributed by atoms with Crippen LogP contribution in [0.3, 0.4) is 0 Å². The Balaban J connectivity index is 1.51. The van der Waals surface area contributed by atoms with E-state index in [9.17, 15) is 9.59 Å². The summed E-state index contributed by atoms with van der Waals surface area (Å²) in [6, 6.07) is 24.2. The zero-order chi connectivity index (χ0) is 23.2. The minimum absolute atomic E-state index is 0.149. The maximum absolute atomic E-state index is 13.1. The van der Waals surface area contributed by atoms with E-state index in [0.717, 1.165) is 22.6 Å². The molecule has 0 saturated heterocycles. The van der Waals surface area contributed by atoms with E-state index in [4.69, 9.17) is 9.47 Å². The van der Waals surface area contributed by atoms with E-state index in [1.807, 2.05) is 54.6 Å². The number of nitrogens with zero attached hydrogens (tertiary/aromatic N) is 2. The van der Waals surface area contributed by atoms with Crippen molar-refractivity contribution in [3.05, 3.63) is 90.0 Å². The quantitative estimate of drug-likeness (QED) is 0.587. The van der Waals surface area contributed by atoms with Crippen molar-refractivity contribution in [3.8, 4) is 11.5 Å². The predicted octanol–water partition coefficient (Wildman–Crippen LogP) is 4.41. The second-order valence-corrected chi connectivity index (χ2v) is 7.64. The molecule has 0 aromatic heterocycles. The molecule has 3 aromatic rings. The van der Waals surface area contributed by atoms with E-state index >= 15 is 0 Å². The van der Waals surface area contributed by atoms with E-state index in [0.29, 0.717) is 17.9 Å². The summed E-state index contributed by atoms with van der Waals surface area (Å²) in [5.74, 6) is 0.895. The molecule has 3 aromatic carbocycles. The molecule has 1 aliphatic heterocycles. The predicted molar refractivity (Wildman–Crippen MR) is 126 cm³/mol. The number of hydrogen-bond donors (Lipinski definition) is 1. The molecule has 4 rings (SSSR count). The SMILES string of the molecule is COc1ccc(C2CC(c3ccccc3)=NN2C(=O)COc2ccc(NC(C)=O)cc2)cc1. The van der Waals surface area contributed by atoms with Gasteiger partial charge in [0.15, 0.2) is 6.61 Å². The lowest BCUT2D eigenvalue weighted by Crippen LogP contribution is -2.31. The molecule has 1 heterocycles. The zero-order valence-electron chi connectivity index (χ0n) is 18.5. The largest absolute Gasteiger partial charge is 0.497 e. The van der Waals surface area contributed by atoms with E-state index in [-0.39, 0.29) is 24.5 Å². The Kier molecular flexibility index (Phi) is 6.69. The van der Waals surface area contributed by atoms with Gasteiger partial charge in [-0.2, -0.15) is 5.10 Å². The van der Waals surface area contributed by atoms with Crippen molar-refractivity contribution in [3.63, 3.8) is 0 Å². The van der Waals surface area contributed by atoms with Gasteiger partial charge < -0.3 is 14.8 Å². The number of ether oxygens (including phenoxy) is 2. The summed E-state index contributed by atoms with van der Waals surface area (Å²) in [6.07, 6.45) is 0.605. The summed E-state index contributed by atoms with van der Waals surface area (Å²) in [7, 11) is 1.62. The number of benzene rings is 3. The van der Waals surface area contributed by atoms with Gasteiger partial charge in [0.2, 0.25) is 5.91 Å². The highest BCUT2D eigenvalue weighted by Crippen LogP contribution is 2.33. The maximum Gasteiger partial charge on any atom is 0.281 e. The van der Waals surface area contributed by atoms with Crippen LogP contribution in [0.25, 0.3) is 0 Å². The van der Waals surface area contributed by atoms with Gasteiger partial charge in [-0.25, -0.2) is 5.01 Å². The topological polar surface area (TPSA) is 80.2 Å². The van der Waals surface area contributed by atoms with Gasteiger partial charge in [-0.15, -0.1) is 0 Å². The molecular weight excluding hydrogens is 418 g/mol. The first-order valence-corrected chi connectivity index (χ1v) is 10.6. The van der Waals surface area contributed by atoms with Gasteiger partial charge in [-0.3, -0.25) is 9.59 Å². The Morgan fingerprint density at radius 3 is 2.27 bits per heavy atom. The molecule has 0 saturated carbocycles. The second-order valence-electron chi connectivity index (χ2n) is 7.64. The molecule has 33 heavy (non-hydrogen) atoms. The molecular formula is C26H25N3O4. The summed E-state index contributed by atoms with van der Waals surface area (Å²) in [4.78, 5) is 24.3.